The molecular formula is C9H7N3O2. The molecule has 0 bridgehead atoms. The minimum atomic E-state index is -0.996. The number of azide groups is 1. The van der Waals surface area contributed by atoms with Crippen molar-refractivity contribution < 1.29 is 9.90 Å². The van der Waals surface area contributed by atoms with Crippen LogP contribution in [0.2, 0.25) is 0 Å². The van der Waals surface area contributed by atoms with Crippen LogP contribution in [0.4, 0.5) is 5.69 Å². The quantitative estimate of drug-likeness (QED) is 0.343. The van der Waals surface area contributed by atoms with E-state index in [4.69, 9.17) is 10.6 Å². The zero-order valence-electron chi connectivity index (χ0n) is 7.16. The van der Waals surface area contributed by atoms with E-state index in [0.717, 1.165) is 11.6 Å². The van der Waals surface area contributed by atoms with E-state index in [2.05, 4.69) is 10.0 Å². The van der Waals surface area contributed by atoms with Crippen molar-refractivity contribution in [1.29, 1.82) is 0 Å². The fourth-order valence-electron chi connectivity index (χ4n) is 0.871. The first-order valence-electron chi connectivity index (χ1n) is 3.78. The molecule has 1 N–H and O–H groups in total. The Bertz CT molecular complexity index is 403. The van der Waals surface area contributed by atoms with Crippen LogP contribution in [-0.4, -0.2) is 11.1 Å². The number of benzene rings is 1. The highest BCUT2D eigenvalue weighted by Gasteiger charge is 1.90. The maximum absolute atomic E-state index is 10.2. The maximum atomic E-state index is 10.2. The van der Waals surface area contributed by atoms with Crippen LogP contribution in [0.3, 0.4) is 0 Å². The van der Waals surface area contributed by atoms with Crippen molar-refractivity contribution >= 4 is 17.7 Å². The summed E-state index contributed by atoms with van der Waals surface area (Å²) in [6, 6.07) is 6.56. The Morgan fingerprint density at radius 2 is 2.07 bits per heavy atom. The molecule has 0 aliphatic carbocycles. The third kappa shape index (κ3) is 3.00. The summed E-state index contributed by atoms with van der Waals surface area (Å²) in [5.41, 5.74) is 9.37. The lowest BCUT2D eigenvalue weighted by molar-refractivity contribution is -0.131. The van der Waals surface area contributed by atoms with Crippen molar-refractivity contribution in [2.24, 2.45) is 5.11 Å². The average molecular weight is 189 g/mol. The summed E-state index contributed by atoms with van der Waals surface area (Å²) in [4.78, 5) is 12.8. The van der Waals surface area contributed by atoms with Crippen molar-refractivity contribution in [3.63, 3.8) is 0 Å². The van der Waals surface area contributed by atoms with Gasteiger partial charge in [0.25, 0.3) is 0 Å². The highest BCUT2D eigenvalue weighted by molar-refractivity contribution is 5.85. The molecule has 1 aromatic rings. The average Bonchev–Trinajstić information content (AvgIpc) is 2.17. The number of aliphatic carboxylic acids is 1. The second kappa shape index (κ2) is 4.69. The van der Waals surface area contributed by atoms with Crippen LogP contribution in [0.25, 0.3) is 16.5 Å². The largest absolute Gasteiger partial charge is 0.478 e. The number of nitrogens with zero attached hydrogens (tertiary/aromatic N) is 3. The first kappa shape index (κ1) is 9.83. The molecule has 70 valence electrons. The molecular weight excluding hydrogens is 182 g/mol. The Hall–Kier alpha value is -2.26. The molecule has 1 aromatic carbocycles. The third-order valence-electron chi connectivity index (χ3n) is 1.47. The Morgan fingerprint density at radius 1 is 1.43 bits per heavy atom. The van der Waals surface area contributed by atoms with E-state index in [1.807, 2.05) is 0 Å². The fourth-order valence-corrected chi connectivity index (χ4v) is 0.871. The molecule has 0 aliphatic heterocycles. The van der Waals surface area contributed by atoms with Gasteiger partial charge >= 0.3 is 5.97 Å². The van der Waals surface area contributed by atoms with Gasteiger partial charge in [-0.3, -0.25) is 0 Å². The number of rotatable bonds is 3. The van der Waals surface area contributed by atoms with Crippen molar-refractivity contribution in [1.82, 2.24) is 0 Å². The predicted octanol–water partition coefficient (Wildman–Crippen LogP) is 2.73. The van der Waals surface area contributed by atoms with Crippen LogP contribution in [0, 0.1) is 0 Å². The zero-order valence-corrected chi connectivity index (χ0v) is 7.16. The third-order valence-corrected chi connectivity index (χ3v) is 1.47. The van der Waals surface area contributed by atoms with Gasteiger partial charge in [0.1, 0.15) is 0 Å². The molecule has 0 unspecified atom stereocenters. The van der Waals surface area contributed by atoms with Crippen molar-refractivity contribution in [2.45, 2.75) is 0 Å². The standard InChI is InChI=1S/C9H7N3O2/c10-12-11-8-4-1-7(2-5-8)3-6-9(13)14/h1-6H,(H,13,14). The van der Waals surface area contributed by atoms with Crippen LogP contribution in [0.15, 0.2) is 35.5 Å². The molecule has 1 rings (SSSR count). The lowest BCUT2D eigenvalue weighted by Crippen LogP contribution is -1.85. The van der Waals surface area contributed by atoms with E-state index >= 15 is 0 Å². The van der Waals surface area contributed by atoms with E-state index in [1.165, 1.54) is 6.08 Å². The van der Waals surface area contributed by atoms with Gasteiger partial charge in [-0.1, -0.05) is 29.4 Å². The minimum Gasteiger partial charge on any atom is -0.478 e. The van der Waals surface area contributed by atoms with E-state index in [0.29, 0.717) is 5.69 Å². The van der Waals surface area contributed by atoms with Crippen LogP contribution in [-0.2, 0) is 4.79 Å². The van der Waals surface area contributed by atoms with E-state index in [-0.39, 0.29) is 0 Å². The monoisotopic (exact) mass is 189 g/mol. The molecule has 0 fully saturated rings. The van der Waals surface area contributed by atoms with Crippen molar-refractivity contribution in [3.8, 4) is 0 Å². The maximum Gasteiger partial charge on any atom is 0.328 e. The number of carbonyl (C=O) groups is 1. The minimum absolute atomic E-state index is 0.500. The Labute approximate surface area is 79.9 Å². The lowest BCUT2D eigenvalue weighted by Gasteiger charge is -1.92. The van der Waals surface area contributed by atoms with Gasteiger partial charge in [-0.2, -0.15) is 0 Å². The Morgan fingerprint density at radius 3 is 2.57 bits per heavy atom. The molecule has 5 heteroatoms. The number of carboxylic acid groups (broad SMARTS) is 1. The molecule has 0 aromatic heterocycles. The predicted molar refractivity (Wildman–Crippen MR) is 51.9 cm³/mol. The Kier molecular flexibility index (Phi) is 3.29. The van der Waals surface area contributed by atoms with Gasteiger partial charge in [0.05, 0.1) is 0 Å². The van der Waals surface area contributed by atoms with Crippen molar-refractivity contribution in [3.05, 3.63) is 46.3 Å². The summed E-state index contributed by atoms with van der Waals surface area (Å²) < 4.78 is 0. The number of hydrogen-bond donors (Lipinski definition) is 1. The Balaban J connectivity index is 2.83. The normalized spacial score (nSPS) is 9.71. The van der Waals surface area contributed by atoms with E-state index in [1.54, 1.807) is 24.3 Å². The summed E-state index contributed by atoms with van der Waals surface area (Å²) in [6.07, 6.45) is 2.50. The number of hydrogen-bond acceptors (Lipinski definition) is 2. The highest BCUT2D eigenvalue weighted by Crippen LogP contribution is 2.13. The lowest BCUT2D eigenvalue weighted by atomic mass is 10.2. The van der Waals surface area contributed by atoms with E-state index < -0.39 is 5.97 Å². The molecule has 0 saturated heterocycles. The van der Waals surface area contributed by atoms with Gasteiger partial charge in [-0.05, 0) is 17.2 Å². The van der Waals surface area contributed by atoms with E-state index in [9.17, 15) is 4.79 Å². The van der Waals surface area contributed by atoms with Gasteiger partial charge in [0, 0.05) is 16.7 Å². The van der Waals surface area contributed by atoms with Crippen molar-refractivity contribution in [2.75, 3.05) is 0 Å². The molecule has 5 nitrogen and oxygen atoms in total. The number of carboxylic acids is 1. The first-order chi connectivity index (χ1) is 6.72. The second-order valence-electron chi connectivity index (χ2n) is 2.45. The summed E-state index contributed by atoms with van der Waals surface area (Å²) >= 11 is 0. The second-order valence-corrected chi connectivity index (χ2v) is 2.45. The van der Waals surface area contributed by atoms with Gasteiger partial charge in [-0.25, -0.2) is 4.79 Å². The highest BCUT2D eigenvalue weighted by atomic mass is 16.4. The van der Waals surface area contributed by atoms with Crippen LogP contribution in [0.1, 0.15) is 5.56 Å². The molecule has 0 saturated carbocycles. The molecule has 0 heterocycles. The summed E-state index contributed by atoms with van der Waals surface area (Å²) in [5, 5.41) is 11.7. The SMILES string of the molecule is [N-]=[N+]=Nc1ccc(C=CC(=O)O)cc1. The van der Waals surface area contributed by atoms with Gasteiger partial charge in [0.15, 0.2) is 0 Å². The smallest absolute Gasteiger partial charge is 0.328 e. The molecule has 0 atom stereocenters. The van der Waals surface area contributed by atoms with Crippen LogP contribution in [0.5, 0.6) is 0 Å². The molecule has 0 spiro atoms. The molecule has 14 heavy (non-hydrogen) atoms. The summed E-state index contributed by atoms with van der Waals surface area (Å²) in [7, 11) is 0. The van der Waals surface area contributed by atoms with Gasteiger partial charge in [-0.15, -0.1) is 0 Å². The summed E-state index contributed by atoms with van der Waals surface area (Å²) in [5.74, 6) is -0.996. The molecule has 0 amide bonds. The van der Waals surface area contributed by atoms with Gasteiger partial charge < -0.3 is 5.11 Å². The topological polar surface area (TPSA) is 86.1 Å². The molecule has 0 radical (unpaired) electrons. The van der Waals surface area contributed by atoms with Gasteiger partial charge in [0.2, 0.25) is 0 Å². The summed E-state index contributed by atoms with van der Waals surface area (Å²) in [6.45, 7) is 0. The van der Waals surface area contributed by atoms with Crippen LogP contribution < -0.4 is 0 Å². The van der Waals surface area contributed by atoms with Crippen LogP contribution >= 0.6 is 0 Å². The zero-order chi connectivity index (χ0) is 10.4. The first-order valence-corrected chi connectivity index (χ1v) is 3.78. The fraction of sp³-hybridized carbons (Fsp3) is 0. The molecule has 0 aliphatic rings.